The molecule has 0 amide bonds. The molecule has 1 aromatic rings. The zero-order chi connectivity index (χ0) is 16.8. The smallest absolute Gasteiger partial charge is 0.323 e. The molecule has 1 aliphatic carbocycles. The third-order valence-electron chi connectivity index (χ3n) is 4.12. The van der Waals surface area contributed by atoms with Crippen LogP contribution in [0.2, 0.25) is 0 Å². The van der Waals surface area contributed by atoms with Crippen LogP contribution in [0.3, 0.4) is 0 Å². The van der Waals surface area contributed by atoms with Gasteiger partial charge in [0.1, 0.15) is 6.17 Å². The van der Waals surface area contributed by atoms with Gasteiger partial charge in [0, 0.05) is 5.54 Å². The van der Waals surface area contributed by atoms with Crippen molar-refractivity contribution in [3.63, 3.8) is 0 Å². The number of rotatable bonds is 2. The van der Waals surface area contributed by atoms with E-state index < -0.39 is 43.4 Å². The minimum Gasteiger partial charge on any atom is -0.323 e. The Hall–Kier alpha value is -1.15. The van der Waals surface area contributed by atoms with Crippen LogP contribution in [0.5, 0.6) is 0 Å². The number of hydrogen-bond acceptors (Lipinski definition) is 3. The van der Waals surface area contributed by atoms with Crippen LogP contribution in [-0.2, 0) is 16.0 Å². The van der Waals surface area contributed by atoms with E-state index in [1.807, 2.05) is 0 Å². The van der Waals surface area contributed by atoms with Crippen LogP contribution in [0.25, 0.3) is 0 Å². The second kappa shape index (κ2) is 5.49. The monoisotopic (exact) mass is 339 g/mol. The van der Waals surface area contributed by atoms with Gasteiger partial charge in [-0.25, -0.2) is 12.8 Å². The first-order valence-electron chi connectivity index (χ1n) is 6.79. The summed E-state index contributed by atoms with van der Waals surface area (Å²) in [5.41, 5.74) is 3.59. The minimum absolute atomic E-state index is 0.131. The van der Waals surface area contributed by atoms with Crippen molar-refractivity contribution >= 4 is 9.84 Å². The van der Waals surface area contributed by atoms with Crippen molar-refractivity contribution in [2.75, 3.05) is 0 Å². The molecule has 3 unspecified atom stereocenters. The highest BCUT2D eigenvalue weighted by molar-refractivity contribution is 7.92. The molecule has 1 saturated carbocycles. The lowest BCUT2D eigenvalue weighted by Gasteiger charge is -2.37. The SMILES string of the molecule is CC1(N)CCC(S(=O)(=O)c2cccc(C(F)(F)F)c2)CC1F. The number of sulfone groups is 1. The molecule has 0 saturated heterocycles. The van der Waals surface area contributed by atoms with Crippen LogP contribution >= 0.6 is 0 Å². The predicted molar refractivity (Wildman–Crippen MR) is 73.8 cm³/mol. The fourth-order valence-electron chi connectivity index (χ4n) is 2.57. The van der Waals surface area contributed by atoms with E-state index in [4.69, 9.17) is 5.73 Å². The first-order chi connectivity index (χ1) is 9.94. The lowest BCUT2D eigenvalue weighted by Crippen LogP contribution is -2.52. The van der Waals surface area contributed by atoms with Crippen molar-refractivity contribution in [3.05, 3.63) is 29.8 Å². The number of nitrogens with two attached hydrogens (primary N) is 1. The predicted octanol–water partition coefficient (Wildman–Crippen LogP) is 3.09. The summed E-state index contributed by atoms with van der Waals surface area (Å²) in [5, 5.41) is -1.05. The normalized spacial score (nSPS) is 30.3. The first kappa shape index (κ1) is 17.2. The maximum atomic E-state index is 14.0. The van der Waals surface area contributed by atoms with Crippen molar-refractivity contribution in [2.24, 2.45) is 5.73 Å². The number of alkyl halides is 4. The molecule has 1 aliphatic rings. The van der Waals surface area contributed by atoms with E-state index in [1.54, 1.807) is 0 Å². The Labute approximate surface area is 126 Å². The van der Waals surface area contributed by atoms with Gasteiger partial charge in [-0.1, -0.05) is 6.07 Å². The molecule has 0 spiro atoms. The van der Waals surface area contributed by atoms with Crippen molar-refractivity contribution in [1.29, 1.82) is 0 Å². The van der Waals surface area contributed by atoms with Crippen LogP contribution in [0.4, 0.5) is 17.6 Å². The van der Waals surface area contributed by atoms with E-state index in [-0.39, 0.29) is 19.3 Å². The highest BCUT2D eigenvalue weighted by Gasteiger charge is 2.43. The van der Waals surface area contributed by atoms with Crippen molar-refractivity contribution in [2.45, 2.75) is 54.2 Å². The Morgan fingerprint density at radius 1 is 1.32 bits per heavy atom. The Morgan fingerprint density at radius 3 is 2.50 bits per heavy atom. The topological polar surface area (TPSA) is 60.2 Å². The maximum absolute atomic E-state index is 14.0. The molecule has 0 bridgehead atoms. The lowest BCUT2D eigenvalue weighted by atomic mass is 9.82. The quantitative estimate of drug-likeness (QED) is 0.843. The van der Waals surface area contributed by atoms with Gasteiger partial charge in [-0.2, -0.15) is 13.2 Å². The summed E-state index contributed by atoms with van der Waals surface area (Å²) in [6.45, 7) is 1.50. The molecular weight excluding hydrogens is 322 g/mol. The molecule has 0 aromatic heterocycles. The summed E-state index contributed by atoms with van der Waals surface area (Å²) in [4.78, 5) is -0.430. The van der Waals surface area contributed by atoms with Gasteiger partial charge in [0.05, 0.1) is 15.7 Å². The number of halogens is 4. The molecular formula is C14H17F4NO2S. The molecule has 0 aliphatic heterocycles. The second-order valence-corrected chi connectivity index (χ2v) is 8.17. The van der Waals surface area contributed by atoms with Crippen LogP contribution in [-0.4, -0.2) is 25.4 Å². The van der Waals surface area contributed by atoms with E-state index >= 15 is 0 Å². The van der Waals surface area contributed by atoms with Crippen LogP contribution in [0.15, 0.2) is 29.2 Å². The fourth-order valence-corrected chi connectivity index (χ4v) is 4.37. The highest BCUT2D eigenvalue weighted by atomic mass is 32.2. The van der Waals surface area contributed by atoms with Gasteiger partial charge >= 0.3 is 6.18 Å². The van der Waals surface area contributed by atoms with Crippen molar-refractivity contribution < 1.29 is 26.0 Å². The molecule has 22 heavy (non-hydrogen) atoms. The van der Waals surface area contributed by atoms with E-state index in [2.05, 4.69) is 0 Å². The van der Waals surface area contributed by atoms with Gasteiger partial charge in [-0.15, -0.1) is 0 Å². The van der Waals surface area contributed by atoms with Gasteiger partial charge in [0.25, 0.3) is 0 Å². The lowest BCUT2D eigenvalue weighted by molar-refractivity contribution is -0.137. The molecule has 2 N–H and O–H groups in total. The van der Waals surface area contributed by atoms with Crippen LogP contribution in [0.1, 0.15) is 31.7 Å². The third-order valence-corrected chi connectivity index (χ3v) is 6.34. The average molecular weight is 339 g/mol. The standard InChI is InChI=1S/C14H17F4NO2S/c1-13(19)6-5-11(8-12(13)15)22(20,21)10-4-2-3-9(7-10)14(16,17)18/h2-4,7,11-12H,5-6,8,19H2,1H3. The Kier molecular flexibility index (Phi) is 4.29. The molecule has 8 heteroatoms. The number of benzene rings is 1. The molecule has 2 rings (SSSR count). The summed E-state index contributed by atoms with van der Waals surface area (Å²) < 4.78 is 76.9. The molecule has 3 atom stereocenters. The van der Waals surface area contributed by atoms with E-state index in [0.29, 0.717) is 6.07 Å². The van der Waals surface area contributed by atoms with Gasteiger partial charge in [0.15, 0.2) is 9.84 Å². The molecule has 3 nitrogen and oxygen atoms in total. The summed E-state index contributed by atoms with van der Waals surface area (Å²) in [6.07, 6.45) is -6.14. The van der Waals surface area contributed by atoms with E-state index in [0.717, 1.165) is 18.2 Å². The largest absolute Gasteiger partial charge is 0.416 e. The first-order valence-corrected chi connectivity index (χ1v) is 8.33. The molecule has 0 radical (unpaired) electrons. The summed E-state index contributed by atoms with van der Waals surface area (Å²) in [6, 6.07) is 3.54. The summed E-state index contributed by atoms with van der Waals surface area (Å²) in [5.74, 6) is 0. The second-order valence-electron chi connectivity index (χ2n) is 5.94. The van der Waals surface area contributed by atoms with E-state index in [9.17, 15) is 26.0 Å². The highest BCUT2D eigenvalue weighted by Crippen LogP contribution is 2.36. The Morgan fingerprint density at radius 2 is 1.95 bits per heavy atom. The maximum Gasteiger partial charge on any atom is 0.416 e. The zero-order valence-corrected chi connectivity index (χ0v) is 12.7. The van der Waals surface area contributed by atoms with Gasteiger partial charge < -0.3 is 5.73 Å². The molecule has 1 aromatic carbocycles. The zero-order valence-electron chi connectivity index (χ0n) is 11.9. The summed E-state index contributed by atoms with van der Waals surface area (Å²) in [7, 11) is -4.02. The van der Waals surface area contributed by atoms with Crippen LogP contribution in [0, 0.1) is 0 Å². The average Bonchev–Trinajstić information content (AvgIpc) is 2.41. The molecule has 1 fully saturated rings. The molecule has 124 valence electrons. The fraction of sp³-hybridized carbons (Fsp3) is 0.571. The van der Waals surface area contributed by atoms with E-state index in [1.165, 1.54) is 6.92 Å². The minimum atomic E-state index is -4.63. The third kappa shape index (κ3) is 3.27. The Balaban J connectivity index is 2.32. The van der Waals surface area contributed by atoms with Gasteiger partial charge in [-0.3, -0.25) is 0 Å². The summed E-state index contributed by atoms with van der Waals surface area (Å²) >= 11 is 0. The van der Waals surface area contributed by atoms with Crippen molar-refractivity contribution in [1.82, 2.24) is 0 Å². The van der Waals surface area contributed by atoms with Crippen LogP contribution < -0.4 is 5.73 Å². The van der Waals surface area contributed by atoms with Gasteiger partial charge in [0.2, 0.25) is 0 Å². The Bertz CT molecular complexity index is 655. The van der Waals surface area contributed by atoms with Gasteiger partial charge in [-0.05, 0) is 44.4 Å². The van der Waals surface area contributed by atoms with Crippen molar-refractivity contribution in [3.8, 4) is 0 Å². The number of hydrogen-bond donors (Lipinski definition) is 1. The molecule has 0 heterocycles.